The van der Waals surface area contributed by atoms with Gasteiger partial charge in [0, 0.05) is 7.11 Å². The molecule has 2 aromatic carbocycles. The lowest BCUT2D eigenvalue weighted by Crippen LogP contribution is -2.53. The maximum Gasteiger partial charge on any atom is 0.186 e. The molecule has 0 amide bonds. The fourth-order valence-electron chi connectivity index (χ4n) is 4.75. The summed E-state index contributed by atoms with van der Waals surface area (Å²) in [4.78, 5) is 0. The summed E-state index contributed by atoms with van der Waals surface area (Å²) < 4.78 is 42.7. The van der Waals surface area contributed by atoms with E-state index in [1.165, 1.54) is 0 Å². The van der Waals surface area contributed by atoms with Crippen molar-refractivity contribution in [2.75, 3.05) is 20.3 Å². The molecular formula is C29H38O8. The monoisotopic (exact) mass is 514 g/mol. The van der Waals surface area contributed by atoms with Gasteiger partial charge in [-0.2, -0.15) is 0 Å². The molecule has 0 aliphatic carbocycles. The summed E-state index contributed by atoms with van der Waals surface area (Å²) in [5, 5.41) is 11.3. The SMILES string of the molecule is C=CCOCC(O)[C@@H](OCc1ccccc1)[C@@H](OCc1ccccc1)[C@H]1O[C@H](OC)[C@H]2OC(C)(C)O[C@@H]12. The second-order valence-corrected chi connectivity index (χ2v) is 9.69. The molecule has 202 valence electrons. The van der Waals surface area contributed by atoms with Gasteiger partial charge in [-0.05, 0) is 25.0 Å². The first-order valence-electron chi connectivity index (χ1n) is 12.6. The Morgan fingerprint density at radius 3 is 2.14 bits per heavy atom. The number of aliphatic hydroxyl groups is 1. The van der Waals surface area contributed by atoms with Crippen molar-refractivity contribution >= 4 is 0 Å². The Hall–Kier alpha value is -2.14. The molecule has 37 heavy (non-hydrogen) atoms. The lowest BCUT2D eigenvalue weighted by atomic mass is 9.97. The highest BCUT2D eigenvalue weighted by Gasteiger charge is 2.59. The lowest BCUT2D eigenvalue weighted by Gasteiger charge is -2.36. The van der Waals surface area contributed by atoms with Crippen molar-refractivity contribution in [2.24, 2.45) is 0 Å². The van der Waals surface area contributed by atoms with E-state index in [0.29, 0.717) is 6.61 Å². The molecule has 0 aromatic heterocycles. The van der Waals surface area contributed by atoms with Crippen molar-refractivity contribution in [3.05, 3.63) is 84.4 Å². The molecule has 0 radical (unpaired) electrons. The third-order valence-corrected chi connectivity index (χ3v) is 6.40. The Balaban J connectivity index is 1.62. The van der Waals surface area contributed by atoms with E-state index >= 15 is 0 Å². The minimum absolute atomic E-state index is 0.0358. The predicted octanol–water partition coefficient (Wildman–Crippen LogP) is 3.61. The number of hydrogen-bond donors (Lipinski definition) is 1. The number of fused-ring (bicyclic) bond motifs is 1. The Bertz CT molecular complexity index is 953. The molecule has 0 saturated carbocycles. The summed E-state index contributed by atoms with van der Waals surface area (Å²) >= 11 is 0. The molecular weight excluding hydrogens is 476 g/mol. The molecule has 8 nitrogen and oxygen atoms in total. The summed E-state index contributed by atoms with van der Waals surface area (Å²) in [5.41, 5.74) is 1.95. The zero-order chi connectivity index (χ0) is 26.3. The molecule has 4 rings (SSSR count). The summed E-state index contributed by atoms with van der Waals surface area (Å²) in [6, 6.07) is 19.6. The van der Waals surface area contributed by atoms with Crippen LogP contribution in [0.2, 0.25) is 0 Å². The first-order chi connectivity index (χ1) is 17.9. The van der Waals surface area contributed by atoms with E-state index < -0.39 is 48.7 Å². The molecule has 2 aliphatic rings. The highest BCUT2D eigenvalue weighted by molar-refractivity contribution is 5.15. The number of hydrogen-bond acceptors (Lipinski definition) is 8. The average molecular weight is 515 g/mol. The average Bonchev–Trinajstić information content (AvgIpc) is 3.39. The van der Waals surface area contributed by atoms with E-state index in [1.807, 2.05) is 74.5 Å². The Morgan fingerprint density at radius 2 is 1.54 bits per heavy atom. The second kappa shape index (κ2) is 13.1. The summed E-state index contributed by atoms with van der Waals surface area (Å²) in [6.45, 7) is 8.29. The topological polar surface area (TPSA) is 84.8 Å². The van der Waals surface area contributed by atoms with Gasteiger partial charge in [-0.3, -0.25) is 0 Å². The van der Waals surface area contributed by atoms with Gasteiger partial charge in [-0.25, -0.2) is 0 Å². The first-order valence-corrected chi connectivity index (χ1v) is 12.6. The Labute approximate surface area is 219 Å². The number of methoxy groups -OCH3 is 1. The molecule has 2 aliphatic heterocycles. The van der Waals surface area contributed by atoms with Crippen LogP contribution in [0.15, 0.2) is 73.3 Å². The molecule has 1 unspecified atom stereocenters. The largest absolute Gasteiger partial charge is 0.388 e. The van der Waals surface area contributed by atoms with Crippen LogP contribution in [-0.2, 0) is 46.4 Å². The molecule has 2 saturated heterocycles. The lowest BCUT2D eigenvalue weighted by molar-refractivity contribution is -0.255. The second-order valence-electron chi connectivity index (χ2n) is 9.69. The van der Waals surface area contributed by atoms with Crippen molar-refractivity contribution in [1.29, 1.82) is 0 Å². The van der Waals surface area contributed by atoms with Crippen molar-refractivity contribution in [3.8, 4) is 0 Å². The number of ether oxygens (including phenoxy) is 7. The fourth-order valence-corrected chi connectivity index (χ4v) is 4.75. The zero-order valence-electron chi connectivity index (χ0n) is 21.7. The molecule has 1 N–H and O–H groups in total. The van der Waals surface area contributed by atoms with Gasteiger partial charge in [0.25, 0.3) is 0 Å². The minimum Gasteiger partial charge on any atom is -0.388 e. The van der Waals surface area contributed by atoms with Gasteiger partial charge in [0.15, 0.2) is 12.1 Å². The molecule has 7 atom stereocenters. The molecule has 2 aromatic rings. The van der Waals surface area contributed by atoms with Crippen LogP contribution in [0.25, 0.3) is 0 Å². The van der Waals surface area contributed by atoms with Gasteiger partial charge < -0.3 is 38.3 Å². The normalized spacial score (nSPS) is 26.9. The molecule has 0 spiro atoms. The van der Waals surface area contributed by atoms with E-state index in [9.17, 15) is 5.11 Å². The smallest absolute Gasteiger partial charge is 0.186 e. The summed E-state index contributed by atoms with van der Waals surface area (Å²) in [5.74, 6) is -0.815. The highest BCUT2D eigenvalue weighted by Crippen LogP contribution is 2.41. The van der Waals surface area contributed by atoms with Crippen molar-refractivity contribution in [1.82, 2.24) is 0 Å². The highest BCUT2D eigenvalue weighted by atomic mass is 16.8. The molecule has 2 heterocycles. The quantitative estimate of drug-likeness (QED) is 0.302. The van der Waals surface area contributed by atoms with Crippen LogP contribution in [0, 0.1) is 0 Å². The zero-order valence-corrected chi connectivity index (χ0v) is 21.7. The van der Waals surface area contributed by atoms with Gasteiger partial charge in [0.2, 0.25) is 0 Å². The minimum atomic E-state index is -1.01. The van der Waals surface area contributed by atoms with Crippen LogP contribution in [0.1, 0.15) is 25.0 Å². The van der Waals surface area contributed by atoms with Gasteiger partial charge in [-0.15, -0.1) is 6.58 Å². The summed E-state index contributed by atoms with van der Waals surface area (Å²) in [6.07, 6.45) is -3.11. The van der Waals surface area contributed by atoms with Crippen LogP contribution in [0.3, 0.4) is 0 Å². The predicted molar refractivity (Wildman–Crippen MR) is 137 cm³/mol. The number of benzene rings is 2. The van der Waals surface area contributed by atoms with Crippen LogP contribution in [-0.4, -0.2) is 74.1 Å². The van der Waals surface area contributed by atoms with Crippen molar-refractivity contribution in [2.45, 2.75) is 75.8 Å². The van der Waals surface area contributed by atoms with Crippen molar-refractivity contribution < 1.29 is 38.3 Å². The van der Waals surface area contributed by atoms with Gasteiger partial charge in [-0.1, -0.05) is 66.7 Å². The van der Waals surface area contributed by atoms with E-state index in [4.69, 9.17) is 33.2 Å². The Kier molecular flexibility index (Phi) is 9.86. The standard InChI is InChI=1S/C29H38O8/c1-5-16-32-19-22(30)23(33-17-20-12-8-6-9-13-20)24(34-18-21-14-10-7-11-15-21)25-26-27(28(31-4)35-25)37-29(2,3)36-26/h5-15,22-28,30H,1,16-19H2,2-4H3/t22?,23-,24-,25-,26+,27+,28+/m1/s1. The van der Waals surface area contributed by atoms with Crippen LogP contribution in [0.4, 0.5) is 0 Å². The van der Waals surface area contributed by atoms with E-state index in [0.717, 1.165) is 11.1 Å². The fraction of sp³-hybridized carbons (Fsp3) is 0.517. The first kappa shape index (κ1) is 27.9. The van der Waals surface area contributed by atoms with Crippen LogP contribution < -0.4 is 0 Å². The third-order valence-electron chi connectivity index (χ3n) is 6.40. The number of aliphatic hydroxyl groups excluding tert-OH is 1. The summed E-state index contributed by atoms with van der Waals surface area (Å²) in [7, 11) is 1.57. The number of rotatable bonds is 14. The Morgan fingerprint density at radius 1 is 0.946 bits per heavy atom. The van der Waals surface area contributed by atoms with Crippen LogP contribution >= 0.6 is 0 Å². The van der Waals surface area contributed by atoms with E-state index in [-0.39, 0.29) is 19.8 Å². The molecule has 8 heteroatoms. The van der Waals surface area contributed by atoms with Crippen molar-refractivity contribution in [3.63, 3.8) is 0 Å². The third kappa shape index (κ3) is 7.25. The van der Waals surface area contributed by atoms with Crippen LogP contribution in [0.5, 0.6) is 0 Å². The van der Waals surface area contributed by atoms with E-state index in [2.05, 4.69) is 6.58 Å². The maximum absolute atomic E-state index is 11.3. The van der Waals surface area contributed by atoms with Gasteiger partial charge in [0.1, 0.15) is 36.6 Å². The van der Waals surface area contributed by atoms with Gasteiger partial charge >= 0.3 is 0 Å². The van der Waals surface area contributed by atoms with E-state index in [1.54, 1.807) is 13.2 Å². The molecule has 2 fully saturated rings. The van der Waals surface area contributed by atoms with Gasteiger partial charge in [0.05, 0.1) is 26.4 Å². The maximum atomic E-state index is 11.3. The molecule has 0 bridgehead atoms.